The molecule has 0 aliphatic heterocycles. The summed E-state index contributed by atoms with van der Waals surface area (Å²) in [4.78, 5) is 20.1. The summed E-state index contributed by atoms with van der Waals surface area (Å²) < 4.78 is 5.42. The third kappa shape index (κ3) is 4.05. The number of urea groups is 1. The minimum Gasteiger partial charge on any atom is -0.444 e. The van der Waals surface area contributed by atoms with Crippen molar-refractivity contribution < 1.29 is 9.21 Å². The third-order valence-corrected chi connectivity index (χ3v) is 3.30. The van der Waals surface area contributed by atoms with E-state index in [1.54, 1.807) is 12.4 Å². The Kier molecular flexibility index (Phi) is 4.92. The van der Waals surface area contributed by atoms with Crippen LogP contribution in [0.2, 0.25) is 0 Å². The second kappa shape index (κ2) is 6.88. The molecule has 0 bridgehead atoms. The SMILES string of the molecule is CCC(NC(=O)NCc1nc(C)c(C)o1)c1ccncc1. The van der Waals surface area contributed by atoms with E-state index < -0.39 is 0 Å². The quantitative estimate of drug-likeness (QED) is 0.886. The molecule has 112 valence electrons. The molecule has 2 rings (SSSR count). The Morgan fingerprint density at radius 1 is 1.33 bits per heavy atom. The molecular weight excluding hydrogens is 268 g/mol. The molecule has 2 aromatic heterocycles. The van der Waals surface area contributed by atoms with Crippen LogP contribution in [0.4, 0.5) is 4.79 Å². The van der Waals surface area contributed by atoms with Crippen molar-refractivity contribution in [1.82, 2.24) is 20.6 Å². The van der Waals surface area contributed by atoms with Gasteiger partial charge >= 0.3 is 6.03 Å². The highest BCUT2D eigenvalue weighted by atomic mass is 16.4. The molecular formula is C15H20N4O2. The molecule has 2 heterocycles. The van der Waals surface area contributed by atoms with Gasteiger partial charge in [-0.2, -0.15) is 0 Å². The van der Waals surface area contributed by atoms with E-state index in [0.29, 0.717) is 5.89 Å². The van der Waals surface area contributed by atoms with E-state index in [1.165, 1.54) is 0 Å². The number of carbonyl (C=O) groups is 1. The van der Waals surface area contributed by atoms with Gasteiger partial charge in [-0.05, 0) is 38.0 Å². The van der Waals surface area contributed by atoms with Crippen molar-refractivity contribution in [3.63, 3.8) is 0 Å². The van der Waals surface area contributed by atoms with Crippen LogP contribution in [0.5, 0.6) is 0 Å². The fourth-order valence-corrected chi connectivity index (χ4v) is 2.00. The van der Waals surface area contributed by atoms with E-state index in [0.717, 1.165) is 23.4 Å². The van der Waals surface area contributed by atoms with Crippen LogP contribution in [-0.4, -0.2) is 16.0 Å². The number of aryl methyl sites for hydroxylation is 2. The minimum absolute atomic E-state index is 0.0407. The van der Waals surface area contributed by atoms with Gasteiger partial charge in [0.25, 0.3) is 0 Å². The fraction of sp³-hybridized carbons (Fsp3) is 0.400. The van der Waals surface area contributed by atoms with Crippen LogP contribution in [0, 0.1) is 13.8 Å². The van der Waals surface area contributed by atoms with Gasteiger partial charge in [0, 0.05) is 12.4 Å². The highest BCUT2D eigenvalue weighted by Gasteiger charge is 2.13. The van der Waals surface area contributed by atoms with E-state index in [1.807, 2.05) is 32.9 Å². The zero-order valence-corrected chi connectivity index (χ0v) is 12.5. The van der Waals surface area contributed by atoms with Crippen molar-refractivity contribution in [2.75, 3.05) is 0 Å². The largest absolute Gasteiger partial charge is 0.444 e. The maximum atomic E-state index is 11.9. The van der Waals surface area contributed by atoms with Crippen LogP contribution < -0.4 is 10.6 Å². The molecule has 0 aromatic carbocycles. The summed E-state index contributed by atoms with van der Waals surface area (Å²) in [6.45, 7) is 6.01. The number of amides is 2. The van der Waals surface area contributed by atoms with E-state index in [4.69, 9.17) is 4.42 Å². The standard InChI is InChI=1S/C15H20N4O2/c1-4-13(12-5-7-16-8-6-12)19-15(20)17-9-14-18-10(2)11(3)21-14/h5-8,13H,4,9H2,1-3H3,(H2,17,19,20). The highest BCUT2D eigenvalue weighted by molar-refractivity contribution is 5.74. The average molecular weight is 288 g/mol. The van der Waals surface area contributed by atoms with E-state index >= 15 is 0 Å². The Balaban J connectivity index is 1.88. The molecule has 2 amide bonds. The smallest absolute Gasteiger partial charge is 0.315 e. The maximum Gasteiger partial charge on any atom is 0.315 e. The first kappa shape index (κ1) is 15.0. The summed E-state index contributed by atoms with van der Waals surface area (Å²) in [5.74, 6) is 1.28. The summed E-state index contributed by atoms with van der Waals surface area (Å²) in [5, 5.41) is 5.68. The molecule has 6 nitrogen and oxygen atoms in total. The molecule has 1 unspecified atom stereocenters. The summed E-state index contributed by atoms with van der Waals surface area (Å²) in [6.07, 6.45) is 4.24. The zero-order valence-electron chi connectivity index (χ0n) is 12.5. The van der Waals surface area contributed by atoms with Crippen molar-refractivity contribution >= 4 is 6.03 Å². The lowest BCUT2D eigenvalue weighted by Gasteiger charge is -2.17. The lowest BCUT2D eigenvalue weighted by Crippen LogP contribution is -2.37. The number of nitrogens with zero attached hydrogens (tertiary/aromatic N) is 2. The molecule has 2 N–H and O–H groups in total. The van der Waals surface area contributed by atoms with Gasteiger partial charge in [-0.3, -0.25) is 4.98 Å². The van der Waals surface area contributed by atoms with Crippen LogP contribution in [0.15, 0.2) is 28.9 Å². The molecule has 2 aromatic rings. The Hall–Kier alpha value is -2.37. The van der Waals surface area contributed by atoms with Crippen molar-refractivity contribution in [1.29, 1.82) is 0 Å². The van der Waals surface area contributed by atoms with Gasteiger partial charge in [-0.25, -0.2) is 9.78 Å². The van der Waals surface area contributed by atoms with Gasteiger partial charge in [0.05, 0.1) is 18.3 Å². The molecule has 0 radical (unpaired) electrons. The average Bonchev–Trinajstić information content (AvgIpc) is 2.82. The van der Waals surface area contributed by atoms with E-state index in [2.05, 4.69) is 20.6 Å². The second-order valence-corrected chi connectivity index (χ2v) is 4.82. The molecule has 0 saturated carbocycles. The van der Waals surface area contributed by atoms with Crippen LogP contribution in [0.1, 0.15) is 42.3 Å². The van der Waals surface area contributed by atoms with Gasteiger partial charge < -0.3 is 15.1 Å². The molecule has 0 saturated heterocycles. The fourth-order valence-electron chi connectivity index (χ4n) is 2.00. The van der Waals surface area contributed by atoms with E-state index in [-0.39, 0.29) is 18.6 Å². The summed E-state index contributed by atoms with van der Waals surface area (Å²) in [5.41, 5.74) is 1.88. The molecule has 21 heavy (non-hydrogen) atoms. The summed E-state index contributed by atoms with van der Waals surface area (Å²) >= 11 is 0. The number of oxazole rings is 1. The normalized spacial score (nSPS) is 12.0. The minimum atomic E-state index is -0.243. The zero-order chi connectivity index (χ0) is 15.2. The Bertz CT molecular complexity index is 575. The highest BCUT2D eigenvalue weighted by Crippen LogP contribution is 2.15. The van der Waals surface area contributed by atoms with Crippen molar-refractivity contribution in [3.05, 3.63) is 47.4 Å². The Labute approximate surface area is 124 Å². The first-order chi connectivity index (χ1) is 10.1. The van der Waals surface area contributed by atoms with Crippen molar-refractivity contribution in [2.45, 2.75) is 39.8 Å². The summed E-state index contributed by atoms with van der Waals surface area (Å²) in [6, 6.07) is 3.51. The Morgan fingerprint density at radius 2 is 2.05 bits per heavy atom. The maximum absolute atomic E-state index is 11.9. The summed E-state index contributed by atoms with van der Waals surface area (Å²) in [7, 11) is 0. The monoisotopic (exact) mass is 288 g/mol. The molecule has 6 heteroatoms. The lowest BCUT2D eigenvalue weighted by molar-refractivity contribution is 0.235. The molecule has 0 spiro atoms. The van der Waals surface area contributed by atoms with Crippen LogP contribution >= 0.6 is 0 Å². The van der Waals surface area contributed by atoms with Gasteiger partial charge in [0.1, 0.15) is 5.76 Å². The van der Waals surface area contributed by atoms with E-state index in [9.17, 15) is 4.79 Å². The predicted octanol–water partition coefficient (Wildman–Crippen LogP) is 2.64. The molecule has 0 fully saturated rings. The van der Waals surface area contributed by atoms with Crippen molar-refractivity contribution in [3.8, 4) is 0 Å². The number of aromatic nitrogens is 2. The molecule has 1 atom stereocenters. The first-order valence-corrected chi connectivity index (χ1v) is 6.97. The van der Waals surface area contributed by atoms with Crippen LogP contribution in [0.3, 0.4) is 0 Å². The number of nitrogens with one attached hydrogen (secondary N) is 2. The number of pyridine rings is 1. The Morgan fingerprint density at radius 3 is 2.62 bits per heavy atom. The predicted molar refractivity (Wildman–Crippen MR) is 78.6 cm³/mol. The number of carbonyl (C=O) groups excluding carboxylic acids is 1. The second-order valence-electron chi connectivity index (χ2n) is 4.82. The third-order valence-electron chi connectivity index (χ3n) is 3.30. The van der Waals surface area contributed by atoms with Crippen molar-refractivity contribution in [2.24, 2.45) is 0 Å². The van der Waals surface area contributed by atoms with Crippen LogP contribution in [0.25, 0.3) is 0 Å². The van der Waals surface area contributed by atoms with Gasteiger partial charge in [0.2, 0.25) is 5.89 Å². The van der Waals surface area contributed by atoms with Crippen LogP contribution in [-0.2, 0) is 6.54 Å². The van der Waals surface area contributed by atoms with Gasteiger partial charge in [0.15, 0.2) is 0 Å². The number of rotatable bonds is 5. The first-order valence-electron chi connectivity index (χ1n) is 6.97. The van der Waals surface area contributed by atoms with Gasteiger partial charge in [-0.15, -0.1) is 0 Å². The number of hydrogen-bond donors (Lipinski definition) is 2. The topological polar surface area (TPSA) is 80.0 Å². The lowest BCUT2D eigenvalue weighted by atomic mass is 10.1. The molecule has 0 aliphatic rings. The van der Waals surface area contributed by atoms with Gasteiger partial charge in [-0.1, -0.05) is 6.92 Å². The molecule has 0 aliphatic carbocycles. The number of hydrogen-bond acceptors (Lipinski definition) is 4.